The van der Waals surface area contributed by atoms with Gasteiger partial charge in [-0.25, -0.2) is 0 Å². The molecular formula is C20H27N5O2S. The van der Waals surface area contributed by atoms with Crippen molar-refractivity contribution < 1.29 is 9.59 Å². The summed E-state index contributed by atoms with van der Waals surface area (Å²) in [7, 11) is 0. The summed E-state index contributed by atoms with van der Waals surface area (Å²) in [5.74, 6) is -0.0800. The minimum absolute atomic E-state index is 0.000854. The highest BCUT2D eigenvalue weighted by Gasteiger charge is 2.23. The minimum Gasteiger partial charge on any atom is -0.336 e. The molecule has 1 aromatic carbocycles. The molecule has 28 heavy (non-hydrogen) atoms. The van der Waals surface area contributed by atoms with Crippen LogP contribution in [0.5, 0.6) is 0 Å². The predicted molar refractivity (Wildman–Crippen MR) is 111 cm³/mol. The van der Waals surface area contributed by atoms with Crippen LogP contribution in [0, 0.1) is 0 Å². The van der Waals surface area contributed by atoms with Crippen molar-refractivity contribution in [2.45, 2.75) is 33.1 Å². The lowest BCUT2D eigenvalue weighted by Crippen LogP contribution is -2.38. The van der Waals surface area contributed by atoms with Crippen LogP contribution in [0.2, 0.25) is 0 Å². The maximum atomic E-state index is 12.7. The molecule has 1 aromatic heterocycles. The first-order valence-corrected chi connectivity index (χ1v) is 10.6. The summed E-state index contributed by atoms with van der Waals surface area (Å²) < 4.78 is 3.76. The van der Waals surface area contributed by atoms with E-state index in [2.05, 4.69) is 45.8 Å². The molecule has 2 aromatic rings. The zero-order valence-electron chi connectivity index (χ0n) is 16.5. The van der Waals surface area contributed by atoms with Gasteiger partial charge in [0.15, 0.2) is 5.69 Å². The topological polar surface area (TPSA) is 78.4 Å². The van der Waals surface area contributed by atoms with E-state index < -0.39 is 0 Å². The summed E-state index contributed by atoms with van der Waals surface area (Å²) in [6.45, 7) is 7.27. The number of hydrogen-bond acceptors (Lipinski definition) is 6. The molecule has 0 aliphatic carbocycles. The van der Waals surface area contributed by atoms with Crippen LogP contribution >= 0.6 is 11.5 Å². The third-order valence-corrected chi connectivity index (χ3v) is 5.59. The normalized spacial score (nSPS) is 15.3. The van der Waals surface area contributed by atoms with Crippen LogP contribution in [0.3, 0.4) is 0 Å². The van der Waals surface area contributed by atoms with Crippen molar-refractivity contribution in [2.75, 3.05) is 38.0 Å². The van der Waals surface area contributed by atoms with Crippen LogP contribution in [0.1, 0.15) is 41.9 Å². The number of aromatic nitrogens is 2. The molecule has 1 aliphatic heterocycles. The van der Waals surface area contributed by atoms with E-state index in [1.165, 1.54) is 11.5 Å². The molecule has 8 heteroatoms. The Labute approximate surface area is 169 Å². The number of amides is 2. The predicted octanol–water partition coefficient (Wildman–Crippen LogP) is 2.45. The van der Waals surface area contributed by atoms with Crippen LogP contribution in [-0.2, 0) is 17.6 Å². The second-order valence-electron chi connectivity index (χ2n) is 6.92. The zero-order chi connectivity index (χ0) is 19.9. The Morgan fingerprint density at radius 1 is 1.11 bits per heavy atom. The molecule has 3 rings (SSSR count). The Bertz CT molecular complexity index is 787. The molecule has 0 spiro atoms. The number of carbonyl (C=O) groups excluding carboxylic acids is 2. The molecule has 1 saturated heterocycles. The van der Waals surface area contributed by atoms with Crippen LogP contribution in [-0.4, -0.2) is 63.9 Å². The van der Waals surface area contributed by atoms with Gasteiger partial charge in [-0.1, -0.05) is 36.5 Å². The van der Waals surface area contributed by atoms with Crippen molar-refractivity contribution >= 4 is 29.0 Å². The lowest BCUT2D eigenvalue weighted by atomic mass is 10.0. The average Bonchev–Trinajstić information content (AvgIpc) is 3.15. The Balaban J connectivity index is 1.58. The van der Waals surface area contributed by atoms with Crippen molar-refractivity contribution in [2.24, 2.45) is 0 Å². The third-order valence-electron chi connectivity index (χ3n) is 5.09. The molecule has 0 saturated carbocycles. The van der Waals surface area contributed by atoms with Crippen LogP contribution in [0.15, 0.2) is 23.6 Å². The van der Waals surface area contributed by atoms with E-state index in [4.69, 9.17) is 0 Å². The highest BCUT2D eigenvalue weighted by Crippen LogP contribution is 2.22. The molecule has 1 aliphatic rings. The van der Waals surface area contributed by atoms with Gasteiger partial charge in [-0.15, -0.1) is 5.10 Å². The molecule has 2 heterocycles. The van der Waals surface area contributed by atoms with Gasteiger partial charge in [0, 0.05) is 37.2 Å². The quantitative estimate of drug-likeness (QED) is 0.804. The highest BCUT2D eigenvalue weighted by molar-refractivity contribution is 7.03. The number of para-hydroxylation sites is 1. The van der Waals surface area contributed by atoms with E-state index in [-0.39, 0.29) is 11.8 Å². The van der Waals surface area contributed by atoms with Gasteiger partial charge in [0.2, 0.25) is 5.91 Å². The fraction of sp³-hybridized carbons (Fsp3) is 0.500. The van der Waals surface area contributed by atoms with Crippen molar-refractivity contribution in [3.8, 4) is 0 Å². The fourth-order valence-electron chi connectivity index (χ4n) is 3.54. The molecule has 0 atom stereocenters. The summed E-state index contributed by atoms with van der Waals surface area (Å²) in [5, 5.41) is 8.67. The van der Waals surface area contributed by atoms with E-state index in [0.717, 1.165) is 42.6 Å². The van der Waals surface area contributed by atoms with Gasteiger partial charge >= 0.3 is 0 Å². The monoisotopic (exact) mass is 401 g/mol. The average molecular weight is 402 g/mol. The number of anilines is 1. The standard InChI is InChI=1S/C20H27N5O2S/c1-3-15-7-5-8-16(4-2)19(15)21-18(26)13-24-9-6-10-25(12-11-24)20(27)17-14-28-23-22-17/h5,7-8,14H,3-4,6,9-13H2,1-2H3,(H,21,26). The number of aryl methyl sites for hydroxylation is 2. The molecule has 0 bridgehead atoms. The number of nitrogens with zero attached hydrogens (tertiary/aromatic N) is 4. The van der Waals surface area contributed by atoms with Crippen molar-refractivity contribution in [3.63, 3.8) is 0 Å². The Morgan fingerprint density at radius 2 is 1.86 bits per heavy atom. The fourth-order valence-corrected chi connectivity index (χ4v) is 3.97. The highest BCUT2D eigenvalue weighted by atomic mass is 32.1. The van der Waals surface area contributed by atoms with Crippen LogP contribution < -0.4 is 5.32 Å². The smallest absolute Gasteiger partial charge is 0.275 e. The van der Waals surface area contributed by atoms with Gasteiger partial charge in [-0.05, 0) is 41.9 Å². The summed E-state index contributed by atoms with van der Waals surface area (Å²) >= 11 is 1.18. The minimum atomic E-state index is -0.0792. The van der Waals surface area contributed by atoms with Gasteiger partial charge < -0.3 is 10.2 Å². The van der Waals surface area contributed by atoms with E-state index in [1.54, 1.807) is 10.3 Å². The number of hydrogen-bond donors (Lipinski definition) is 1. The van der Waals surface area contributed by atoms with Crippen molar-refractivity contribution in [1.82, 2.24) is 19.4 Å². The van der Waals surface area contributed by atoms with Gasteiger partial charge in [-0.3, -0.25) is 14.5 Å². The number of rotatable bonds is 6. The lowest BCUT2D eigenvalue weighted by Gasteiger charge is -2.22. The summed E-state index contributed by atoms with van der Waals surface area (Å²) in [6, 6.07) is 6.18. The Kier molecular flexibility index (Phi) is 7.11. The molecule has 1 N–H and O–H groups in total. The third kappa shape index (κ3) is 4.94. The molecule has 0 radical (unpaired) electrons. The first-order chi connectivity index (χ1) is 13.6. The molecule has 2 amide bonds. The number of nitrogens with one attached hydrogen (secondary N) is 1. The van der Waals surface area contributed by atoms with Crippen molar-refractivity contribution in [3.05, 3.63) is 40.4 Å². The molecular weight excluding hydrogens is 374 g/mol. The summed E-state index contributed by atoms with van der Waals surface area (Å²) in [5.41, 5.74) is 3.69. The summed E-state index contributed by atoms with van der Waals surface area (Å²) in [6.07, 6.45) is 2.60. The first-order valence-electron chi connectivity index (χ1n) is 9.81. The molecule has 1 fully saturated rings. The first kappa shape index (κ1) is 20.4. The van der Waals surface area contributed by atoms with E-state index in [9.17, 15) is 9.59 Å². The molecule has 7 nitrogen and oxygen atoms in total. The second kappa shape index (κ2) is 9.75. The SMILES string of the molecule is CCc1cccc(CC)c1NC(=O)CN1CCCN(C(=O)c2csnn2)CC1. The van der Waals surface area contributed by atoms with Crippen molar-refractivity contribution in [1.29, 1.82) is 0 Å². The molecule has 150 valence electrons. The maximum absolute atomic E-state index is 12.7. The largest absolute Gasteiger partial charge is 0.336 e. The van der Waals surface area contributed by atoms with E-state index in [0.29, 0.717) is 31.9 Å². The zero-order valence-corrected chi connectivity index (χ0v) is 17.3. The van der Waals surface area contributed by atoms with E-state index in [1.807, 2.05) is 6.07 Å². The maximum Gasteiger partial charge on any atom is 0.275 e. The Hall–Kier alpha value is -2.32. The van der Waals surface area contributed by atoms with Gasteiger partial charge in [0.05, 0.1) is 6.54 Å². The van der Waals surface area contributed by atoms with Gasteiger partial charge in [0.1, 0.15) is 0 Å². The Morgan fingerprint density at radius 3 is 2.50 bits per heavy atom. The molecule has 0 unspecified atom stereocenters. The van der Waals surface area contributed by atoms with Gasteiger partial charge in [-0.2, -0.15) is 0 Å². The number of carbonyl (C=O) groups is 2. The number of benzene rings is 1. The van der Waals surface area contributed by atoms with Crippen LogP contribution in [0.4, 0.5) is 5.69 Å². The second-order valence-corrected chi connectivity index (χ2v) is 7.53. The van der Waals surface area contributed by atoms with Crippen LogP contribution in [0.25, 0.3) is 0 Å². The summed E-state index contributed by atoms with van der Waals surface area (Å²) in [4.78, 5) is 29.1. The van der Waals surface area contributed by atoms with Gasteiger partial charge in [0.25, 0.3) is 5.91 Å². The van der Waals surface area contributed by atoms with E-state index >= 15 is 0 Å². The lowest BCUT2D eigenvalue weighted by molar-refractivity contribution is -0.117.